The predicted octanol–water partition coefficient (Wildman–Crippen LogP) is 0.798. The molecule has 2 rings (SSSR count). The van der Waals surface area contributed by atoms with Gasteiger partial charge in [0.25, 0.3) is 0 Å². The van der Waals surface area contributed by atoms with Crippen LogP contribution in [0.5, 0.6) is 0 Å². The quantitative estimate of drug-likeness (QED) is 0.725. The Hall–Kier alpha value is -0.120. The number of nitrogens with two attached hydrogens (primary N) is 1. The lowest BCUT2D eigenvalue weighted by molar-refractivity contribution is 0.0436. The Labute approximate surface area is 93.4 Å². The molecule has 2 fully saturated rings. The zero-order valence-electron chi connectivity index (χ0n) is 10.1. The van der Waals surface area contributed by atoms with Crippen molar-refractivity contribution in [1.29, 1.82) is 0 Å². The molecular formula is C12H25N3. The molecule has 0 spiro atoms. The highest BCUT2D eigenvalue weighted by molar-refractivity contribution is 4.98. The SMILES string of the molecule is CC(C)(C(N)C1CCC1)N1CCNCC1. The normalized spacial score (nSPS) is 27.4. The van der Waals surface area contributed by atoms with E-state index in [1.807, 2.05) is 0 Å². The van der Waals surface area contributed by atoms with Crippen LogP contribution < -0.4 is 11.1 Å². The molecule has 3 heteroatoms. The monoisotopic (exact) mass is 211 g/mol. The molecule has 3 nitrogen and oxygen atoms in total. The predicted molar refractivity (Wildman–Crippen MR) is 63.8 cm³/mol. The molecule has 0 aromatic heterocycles. The van der Waals surface area contributed by atoms with Crippen LogP contribution in [0.3, 0.4) is 0 Å². The van der Waals surface area contributed by atoms with E-state index >= 15 is 0 Å². The number of nitrogens with zero attached hydrogens (tertiary/aromatic N) is 1. The van der Waals surface area contributed by atoms with Crippen LogP contribution in [0.15, 0.2) is 0 Å². The minimum absolute atomic E-state index is 0.174. The lowest BCUT2D eigenvalue weighted by atomic mass is 9.72. The molecule has 1 aliphatic heterocycles. The smallest absolute Gasteiger partial charge is 0.0307 e. The van der Waals surface area contributed by atoms with E-state index in [1.54, 1.807) is 0 Å². The minimum atomic E-state index is 0.174. The van der Waals surface area contributed by atoms with Gasteiger partial charge in [-0.2, -0.15) is 0 Å². The summed E-state index contributed by atoms with van der Waals surface area (Å²) in [6.45, 7) is 9.16. The second-order valence-electron chi connectivity index (χ2n) is 5.61. The van der Waals surface area contributed by atoms with E-state index in [0.717, 1.165) is 32.1 Å². The highest BCUT2D eigenvalue weighted by atomic mass is 15.2. The largest absolute Gasteiger partial charge is 0.326 e. The van der Waals surface area contributed by atoms with E-state index in [2.05, 4.69) is 24.1 Å². The minimum Gasteiger partial charge on any atom is -0.326 e. The number of hydrogen-bond acceptors (Lipinski definition) is 3. The van der Waals surface area contributed by atoms with Gasteiger partial charge in [0.15, 0.2) is 0 Å². The molecule has 0 bridgehead atoms. The Morgan fingerprint density at radius 3 is 2.33 bits per heavy atom. The summed E-state index contributed by atoms with van der Waals surface area (Å²) < 4.78 is 0. The maximum absolute atomic E-state index is 6.43. The third-order valence-electron chi connectivity index (χ3n) is 4.41. The molecule has 3 N–H and O–H groups in total. The number of rotatable bonds is 3. The van der Waals surface area contributed by atoms with Crippen molar-refractivity contribution in [1.82, 2.24) is 10.2 Å². The molecule has 1 heterocycles. The van der Waals surface area contributed by atoms with Gasteiger partial charge in [-0.3, -0.25) is 4.90 Å². The van der Waals surface area contributed by atoms with Crippen LogP contribution in [-0.4, -0.2) is 42.7 Å². The van der Waals surface area contributed by atoms with Gasteiger partial charge in [0.2, 0.25) is 0 Å². The van der Waals surface area contributed by atoms with Crippen LogP contribution in [-0.2, 0) is 0 Å². The Kier molecular flexibility index (Phi) is 3.33. The molecule has 1 aliphatic carbocycles. The van der Waals surface area contributed by atoms with Crippen LogP contribution in [0.25, 0.3) is 0 Å². The van der Waals surface area contributed by atoms with Gasteiger partial charge < -0.3 is 11.1 Å². The summed E-state index contributed by atoms with van der Waals surface area (Å²) in [5, 5.41) is 3.40. The molecular weight excluding hydrogens is 186 g/mol. The molecule has 0 aromatic rings. The Morgan fingerprint density at radius 2 is 1.87 bits per heavy atom. The van der Waals surface area contributed by atoms with Gasteiger partial charge in [0.1, 0.15) is 0 Å². The van der Waals surface area contributed by atoms with Gasteiger partial charge in [-0.1, -0.05) is 6.42 Å². The van der Waals surface area contributed by atoms with E-state index in [4.69, 9.17) is 5.73 Å². The van der Waals surface area contributed by atoms with Crippen molar-refractivity contribution in [3.8, 4) is 0 Å². The van der Waals surface area contributed by atoms with Crippen molar-refractivity contribution in [3.05, 3.63) is 0 Å². The van der Waals surface area contributed by atoms with Crippen molar-refractivity contribution >= 4 is 0 Å². The van der Waals surface area contributed by atoms with Crippen LogP contribution in [0.1, 0.15) is 33.1 Å². The van der Waals surface area contributed by atoms with Crippen LogP contribution in [0, 0.1) is 5.92 Å². The molecule has 0 amide bonds. The van der Waals surface area contributed by atoms with Crippen molar-refractivity contribution in [3.63, 3.8) is 0 Å². The van der Waals surface area contributed by atoms with Crippen molar-refractivity contribution in [2.45, 2.75) is 44.7 Å². The molecule has 1 saturated heterocycles. The second-order valence-corrected chi connectivity index (χ2v) is 5.61. The second kappa shape index (κ2) is 4.40. The Balaban J connectivity index is 1.96. The van der Waals surface area contributed by atoms with E-state index in [9.17, 15) is 0 Å². The fraction of sp³-hybridized carbons (Fsp3) is 1.00. The first kappa shape index (κ1) is 11.4. The summed E-state index contributed by atoms with van der Waals surface area (Å²) in [7, 11) is 0. The first-order chi connectivity index (χ1) is 7.12. The first-order valence-electron chi connectivity index (χ1n) is 6.34. The van der Waals surface area contributed by atoms with Crippen LogP contribution >= 0.6 is 0 Å². The molecule has 2 aliphatic rings. The van der Waals surface area contributed by atoms with Gasteiger partial charge in [-0.15, -0.1) is 0 Å². The highest BCUT2D eigenvalue weighted by Crippen LogP contribution is 2.35. The summed E-state index contributed by atoms with van der Waals surface area (Å²) in [4.78, 5) is 2.56. The molecule has 1 atom stereocenters. The van der Waals surface area contributed by atoms with Crippen molar-refractivity contribution in [2.24, 2.45) is 11.7 Å². The molecule has 0 aromatic carbocycles. The lowest BCUT2D eigenvalue weighted by Gasteiger charge is -2.49. The highest BCUT2D eigenvalue weighted by Gasteiger charge is 2.39. The van der Waals surface area contributed by atoms with Crippen LogP contribution in [0.4, 0.5) is 0 Å². The van der Waals surface area contributed by atoms with E-state index in [-0.39, 0.29) is 5.54 Å². The van der Waals surface area contributed by atoms with E-state index in [1.165, 1.54) is 19.3 Å². The summed E-state index contributed by atoms with van der Waals surface area (Å²) in [6.07, 6.45) is 4.07. The lowest BCUT2D eigenvalue weighted by Crippen LogP contribution is -2.63. The maximum Gasteiger partial charge on any atom is 0.0307 e. The number of hydrogen-bond donors (Lipinski definition) is 2. The van der Waals surface area contributed by atoms with Gasteiger partial charge >= 0.3 is 0 Å². The molecule has 15 heavy (non-hydrogen) atoms. The van der Waals surface area contributed by atoms with Crippen molar-refractivity contribution < 1.29 is 0 Å². The Morgan fingerprint density at radius 1 is 1.27 bits per heavy atom. The Bertz CT molecular complexity index is 201. The molecule has 1 unspecified atom stereocenters. The standard InChI is InChI=1S/C12H25N3/c1-12(2,11(13)10-4-3-5-10)15-8-6-14-7-9-15/h10-11,14H,3-9,13H2,1-2H3. The summed E-state index contributed by atoms with van der Waals surface area (Å²) in [5.74, 6) is 0.773. The third kappa shape index (κ3) is 2.19. The van der Waals surface area contributed by atoms with Gasteiger partial charge in [-0.05, 0) is 32.6 Å². The van der Waals surface area contributed by atoms with Gasteiger partial charge in [-0.25, -0.2) is 0 Å². The zero-order valence-corrected chi connectivity index (χ0v) is 10.1. The maximum atomic E-state index is 6.43. The number of nitrogens with one attached hydrogen (secondary N) is 1. The molecule has 0 radical (unpaired) electrons. The van der Waals surface area contributed by atoms with Crippen molar-refractivity contribution in [2.75, 3.05) is 26.2 Å². The zero-order chi connectivity index (χ0) is 10.9. The van der Waals surface area contributed by atoms with Gasteiger partial charge in [0, 0.05) is 37.8 Å². The van der Waals surface area contributed by atoms with E-state index < -0.39 is 0 Å². The topological polar surface area (TPSA) is 41.3 Å². The van der Waals surface area contributed by atoms with Crippen LogP contribution in [0.2, 0.25) is 0 Å². The average Bonchev–Trinajstić information content (AvgIpc) is 2.16. The summed E-state index contributed by atoms with van der Waals surface area (Å²) >= 11 is 0. The molecule has 88 valence electrons. The average molecular weight is 211 g/mol. The summed E-state index contributed by atoms with van der Waals surface area (Å²) in [5.41, 5.74) is 6.60. The number of piperazine rings is 1. The molecule has 1 saturated carbocycles. The summed E-state index contributed by atoms with van der Waals surface area (Å²) in [6, 6.07) is 0.351. The van der Waals surface area contributed by atoms with Gasteiger partial charge in [0.05, 0.1) is 0 Å². The fourth-order valence-electron chi connectivity index (χ4n) is 2.83. The van der Waals surface area contributed by atoms with E-state index in [0.29, 0.717) is 6.04 Å². The third-order valence-corrected chi connectivity index (χ3v) is 4.41. The first-order valence-corrected chi connectivity index (χ1v) is 6.34. The fourth-order valence-corrected chi connectivity index (χ4v) is 2.83.